The van der Waals surface area contributed by atoms with Crippen molar-refractivity contribution in [2.45, 2.75) is 26.7 Å². The number of rotatable bonds is 3. The summed E-state index contributed by atoms with van der Waals surface area (Å²) in [5.74, 6) is 0.332. The predicted octanol–water partition coefficient (Wildman–Crippen LogP) is 3.60. The first-order chi connectivity index (χ1) is 6.22. The quantitative estimate of drug-likeness (QED) is 0.746. The zero-order valence-electron chi connectivity index (χ0n) is 8.25. The molecule has 0 aliphatic heterocycles. The van der Waals surface area contributed by atoms with E-state index < -0.39 is 0 Å². The van der Waals surface area contributed by atoms with E-state index in [4.69, 9.17) is 0 Å². The molecule has 0 heterocycles. The Kier molecular flexibility index (Phi) is 3.56. The molecule has 1 nitrogen and oxygen atoms in total. The van der Waals surface area contributed by atoms with Crippen molar-refractivity contribution >= 4 is 6.08 Å². The van der Waals surface area contributed by atoms with Gasteiger partial charge in [0.1, 0.15) is 5.75 Å². The molecule has 1 rings (SSSR count). The second-order valence-electron chi connectivity index (χ2n) is 3.34. The van der Waals surface area contributed by atoms with Crippen LogP contribution in [0.4, 0.5) is 0 Å². The van der Waals surface area contributed by atoms with Gasteiger partial charge in [-0.05, 0) is 31.0 Å². The average molecular weight is 176 g/mol. The van der Waals surface area contributed by atoms with Crippen LogP contribution in [0.2, 0.25) is 0 Å². The van der Waals surface area contributed by atoms with Gasteiger partial charge in [-0.3, -0.25) is 0 Å². The minimum absolute atomic E-state index is 0.332. The van der Waals surface area contributed by atoms with E-state index in [9.17, 15) is 5.11 Å². The molecule has 0 fully saturated rings. The predicted molar refractivity (Wildman–Crippen MR) is 56.7 cm³/mol. The van der Waals surface area contributed by atoms with E-state index >= 15 is 0 Å². The van der Waals surface area contributed by atoms with E-state index in [1.807, 2.05) is 12.1 Å². The Morgan fingerprint density at radius 3 is 2.85 bits per heavy atom. The topological polar surface area (TPSA) is 20.2 Å². The lowest BCUT2D eigenvalue weighted by Crippen LogP contribution is -1.77. The molecule has 0 unspecified atom stereocenters. The highest BCUT2D eigenvalue weighted by molar-refractivity contribution is 5.54. The van der Waals surface area contributed by atoms with Gasteiger partial charge >= 0.3 is 0 Å². The van der Waals surface area contributed by atoms with Crippen LogP contribution in [-0.2, 0) is 0 Å². The first kappa shape index (κ1) is 9.85. The van der Waals surface area contributed by atoms with Crippen LogP contribution in [0.3, 0.4) is 0 Å². The molecule has 0 atom stereocenters. The van der Waals surface area contributed by atoms with Crippen molar-refractivity contribution in [1.82, 2.24) is 0 Å². The van der Waals surface area contributed by atoms with Gasteiger partial charge in [-0.1, -0.05) is 37.1 Å². The highest BCUT2D eigenvalue weighted by Gasteiger charge is 1.92. The Hall–Kier alpha value is -1.24. The molecule has 0 spiro atoms. The molecule has 1 aromatic carbocycles. The first-order valence-corrected chi connectivity index (χ1v) is 4.68. The van der Waals surface area contributed by atoms with Crippen molar-refractivity contribution < 1.29 is 5.11 Å². The highest BCUT2D eigenvalue weighted by Crippen LogP contribution is 2.15. The molecule has 0 saturated carbocycles. The fourth-order valence-corrected chi connectivity index (χ4v) is 1.37. The molecule has 0 amide bonds. The summed E-state index contributed by atoms with van der Waals surface area (Å²) in [6.07, 6.45) is 4.40. The number of hydrogen-bond donors (Lipinski definition) is 1. The molecule has 0 aromatic heterocycles. The maximum absolute atomic E-state index is 9.23. The Morgan fingerprint density at radius 2 is 2.23 bits per heavy atom. The lowest BCUT2D eigenvalue weighted by molar-refractivity contribution is 0.475. The van der Waals surface area contributed by atoms with Crippen molar-refractivity contribution in [1.29, 1.82) is 0 Å². The Bertz CT molecular complexity index is 300. The van der Waals surface area contributed by atoms with E-state index in [-0.39, 0.29) is 0 Å². The summed E-state index contributed by atoms with van der Waals surface area (Å²) in [6, 6.07) is 7.32. The Balaban J connectivity index is 2.78. The number of phenols is 1. The van der Waals surface area contributed by atoms with Crippen LogP contribution in [0, 0.1) is 0 Å². The van der Waals surface area contributed by atoms with E-state index in [1.165, 1.54) is 12.0 Å². The Labute approximate surface area is 79.7 Å². The van der Waals surface area contributed by atoms with E-state index in [2.05, 4.69) is 19.9 Å². The third-order valence-corrected chi connectivity index (χ3v) is 1.93. The van der Waals surface area contributed by atoms with Crippen LogP contribution in [0.25, 0.3) is 6.08 Å². The van der Waals surface area contributed by atoms with Crippen molar-refractivity contribution in [3.05, 3.63) is 35.4 Å². The molecule has 0 aliphatic rings. The van der Waals surface area contributed by atoms with Gasteiger partial charge in [0.15, 0.2) is 0 Å². The molecule has 0 bridgehead atoms. The van der Waals surface area contributed by atoms with Gasteiger partial charge in [0.25, 0.3) is 0 Å². The molecule has 0 saturated heterocycles. The van der Waals surface area contributed by atoms with Gasteiger partial charge < -0.3 is 5.11 Å². The molecule has 13 heavy (non-hydrogen) atoms. The largest absolute Gasteiger partial charge is 0.508 e. The summed E-state index contributed by atoms with van der Waals surface area (Å²) in [6.45, 7) is 4.29. The zero-order valence-corrected chi connectivity index (χ0v) is 8.25. The van der Waals surface area contributed by atoms with Gasteiger partial charge in [0.2, 0.25) is 0 Å². The molecule has 1 aromatic rings. The molecule has 1 heteroatoms. The van der Waals surface area contributed by atoms with Crippen LogP contribution >= 0.6 is 0 Å². The lowest BCUT2D eigenvalue weighted by atomic mass is 10.1. The SMILES string of the molecule is CCC/C(C)=C/c1cccc(O)c1. The normalized spacial score (nSPS) is 11.7. The van der Waals surface area contributed by atoms with Crippen LogP contribution in [0.15, 0.2) is 29.8 Å². The standard InChI is InChI=1S/C12H16O/c1-3-5-10(2)8-11-6-4-7-12(13)9-11/h4,6-9,13H,3,5H2,1-2H3/b10-8+. The molecular formula is C12H16O. The maximum atomic E-state index is 9.23. The number of allylic oxidation sites excluding steroid dienone is 1. The second-order valence-corrected chi connectivity index (χ2v) is 3.34. The van der Waals surface area contributed by atoms with E-state index in [0.29, 0.717) is 5.75 Å². The van der Waals surface area contributed by atoms with Crippen LogP contribution in [0.5, 0.6) is 5.75 Å². The summed E-state index contributed by atoms with van der Waals surface area (Å²) in [5, 5.41) is 9.23. The van der Waals surface area contributed by atoms with Crippen molar-refractivity contribution in [2.75, 3.05) is 0 Å². The smallest absolute Gasteiger partial charge is 0.116 e. The van der Waals surface area contributed by atoms with E-state index in [0.717, 1.165) is 12.0 Å². The fraction of sp³-hybridized carbons (Fsp3) is 0.333. The van der Waals surface area contributed by atoms with Crippen molar-refractivity contribution in [3.63, 3.8) is 0 Å². The van der Waals surface area contributed by atoms with Gasteiger partial charge in [-0.25, -0.2) is 0 Å². The van der Waals surface area contributed by atoms with Gasteiger partial charge in [-0.2, -0.15) is 0 Å². The summed E-state index contributed by atoms with van der Waals surface area (Å²) in [5.41, 5.74) is 2.43. The molecule has 0 aliphatic carbocycles. The highest BCUT2D eigenvalue weighted by atomic mass is 16.3. The minimum atomic E-state index is 0.332. The third kappa shape index (κ3) is 3.32. The van der Waals surface area contributed by atoms with Crippen LogP contribution < -0.4 is 0 Å². The molecule has 70 valence electrons. The summed E-state index contributed by atoms with van der Waals surface area (Å²) in [7, 11) is 0. The minimum Gasteiger partial charge on any atom is -0.508 e. The van der Waals surface area contributed by atoms with E-state index in [1.54, 1.807) is 12.1 Å². The molecule has 0 radical (unpaired) electrons. The van der Waals surface area contributed by atoms with Crippen LogP contribution in [-0.4, -0.2) is 5.11 Å². The number of hydrogen-bond acceptors (Lipinski definition) is 1. The van der Waals surface area contributed by atoms with Gasteiger partial charge in [-0.15, -0.1) is 0 Å². The summed E-state index contributed by atoms with van der Waals surface area (Å²) >= 11 is 0. The van der Waals surface area contributed by atoms with Gasteiger partial charge in [0, 0.05) is 0 Å². The van der Waals surface area contributed by atoms with Crippen molar-refractivity contribution in [3.8, 4) is 5.75 Å². The zero-order chi connectivity index (χ0) is 9.68. The monoisotopic (exact) mass is 176 g/mol. The second kappa shape index (κ2) is 4.70. The molecule has 1 N–H and O–H groups in total. The fourth-order valence-electron chi connectivity index (χ4n) is 1.37. The summed E-state index contributed by atoms with van der Waals surface area (Å²) < 4.78 is 0. The number of phenolic OH excluding ortho intramolecular Hbond substituents is 1. The van der Waals surface area contributed by atoms with Gasteiger partial charge in [0.05, 0.1) is 0 Å². The first-order valence-electron chi connectivity index (χ1n) is 4.68. The van der Waals surface area contributed by atoms with Crippen molar-refractivity contribution in [2.24, 2.45) is 0 Å². The third-order valence-electron chi connectivity index (χ3n) is 1.93. The molecular weight excluding hydrogens is 160 g/mol. The summed E-state index contributed by atoms with van der Waals surface area (Å²) in [4.78, 5) is 0. The maximum Gasteiger partial charge on any atom is 0.116 e. The average Bonchev–Trinajstić information content (AvgIpc) is 2.04. The number of aromatic hydroxyl groups is 1. The Morgan fingerprint density at radius 1 is 1.46 bits per heavy atom. The number of benzene rings is 1. The van der Waals surface area contributed by atoms with Crippen LogP contribution in [0.1, 0.15) is 32.3 Å². The lowest BCUT2D eigenvalue weighted by Gasteiger charge is -1.99.